The molecule has 104 valence electrons. The van der Waals surface area contributed by atoms with Crippen LogP contribution in [0.4, 0.5) is 0 Å². The number of rotatable bonds is 5. The molecule has 1 unspecified atom stereocenters. The summed E-state index contributed by atoms with van der Waals surface area (Å²) in [5, 5.41) is 5.96. The first-order valence-electron chi connectivity index (χ1n) is 6.17. The number of hydrazone groups is 1. The number of methoxy groups -OCH3 is 1. The van der Waals surface area contributed by atoms with E-state index in [1.807, 2.05) is 48.7 Å². The Morgan fingerprint density at radius 3 is 2.70 bits per heavy atom. The molecule has 0 bridgehead atoms. The molecule has 5 heteroatoms. The van der Waals surface area contributed by atoms with Crippen molar-refractivity contribution in [1.29, 1.82) is 0 Å². The molecule has 0 spiro atoms. The van der Waals surface area contributed by atoms with Crippen LogP contribution < -0.4 is 5.43 Å². The fraction of sp³-hybridized carbons (Fsp3) is 0.200. The lowest BCUT2D eigenvalue weighted by Crippen LogP contribution is -2.26. The van der Waals surface area contributed by atoms with Crippen molar-refractivity contribution >= 4 is 23.5 Å². The number of carbonyl (C=O) groups excluding carboxylic acids is 1. The number of hydrogen-bond donors (Lipinski definition) is 1. The average molecular weight is 288 g/mol. The number of benzene rings is 1. The maximum absolute atomic E-state index is 12.0. The quantitative estimate of drug-likeness (QED) is 0.679. The van der Waals surface area contributed by atoms with E-state index in [2.05, 4.69) is 10.5 Å². The lowest BCUT2D eigenvalue weighted by Gasteiger charge is -2.13. The highest BCUT2D eigenvalue weighted by Gasteiger charge is 2.19. The monoisotopic (exact) mass is 288 g/mol. The summed E-state index contributed by atoms with van der Waals surface area (Å²) in [6.45, 7) is 2.00. The first-order chi connectivity index (χ1) is 9.72. The van der Waals surface area contributed by atoms with E-state index in [-0.39, 0.29) is 5.91 Å². The highest BCUT2D eigenvalue weighted by atomic mass is 32.1. The normalized spacial score (nSPS) is 12.5. The highest BCUT2D eigenvalue weighted by molar-refractivity contribution is 7.11. The van der Waals surface area contributed by atoms with E-state index in [0.717, 1.165) is 16.0 Å². The van der Waals surface area contributed by atoms with Gasteiger partial charge in [-0.1, -0.05) is 30.3 Å². The molecule has 2 aromatic rings. The number of amides is 1. The molecule has 0 aliphatic rings. The summed E-state index contributed by atoms with van der Waals surface area (Å²) < 4.78 is 5.23. The zero-order valence-corrected chi connectivity index (χ0v) is 12.2. The van der Waals surface area contributed by atoms with Crippen molar-refractivity contribution in [1.82, 2.24) is 5.43 Å². The molecule has 1 N–H and O–H groups in total. The van der Waals surface area contributed by atoms with Crippen molar-refractivity contribution in [3.63, 3.8) is 0 Å². The fourth-order valence-corrected chi connectivity index (χ4v) is 2.54. The van der Waals surface area contributed by atoms with E-state index in [9.17, 15) is 4.79 Å². The van der Waals surface area contributed by atoms with E-state index in [4.69, 9.17) is 4.74 Å². The number of aryl methyl sites for hydroxylation is 1. The molecule has 0 fully saturated rings. The summed E-state index contributed by atoms with van der Waals surface area (Å²) in [6, 6.07) is 11.3. The van der Waals surface area contributed by atoms with Gasteiger partial charge in [-0.3, -0.25) is 4.79 Å². The van der Waals surface area contributed by atoms with Crippen LogP contribution in [0, 0.1) is 6.92 Å². The molecule has 1 atom stereocenters. The molecule has 2 rings (SSSR count). The molecule has 0 saturated carbocycles. The number of nitrogens with zero attached hydrogens (tertiary/aromatic N) is 1. The van der Waals surface area contributed by atoms with Gasteiger partial charge in [0.05, 0.1) is 6.21 Å². The van der Waals surface area contributed by atoms with E-state index >= 15 is 0 Å². The van der Waals surface area contributed by atoms with Gasteiger partial charge in [-0.2, -0.15) is 5.10 Å². The van der Waals surface area contributed by atoms with Crippen LogP contribution >= 0.6 is 11.3 Å². The molecule has 0 saturated heterocycles. The van der Waals surface area contributed by atoms with E-state index < -0.39 is 6.10 Å². The number of nitrogens with one attached hydrogen (secondary N) is 1. The van der Waals surface area contributed by atoms with Crippen LogP contribution in [-0.2, 0) is 9.53 Å². The molecule has 1 aromatic heterocycles. The van der Waals surface area contributed by atoms with Crippen LogP contribution in [0.2, 0.25) is 0 Å². The van der Waals surface area contributed by atoms with Gasteiger partial charge >= 0.3 is 0 Å². The summed E-state index contributed by atoms with van der Waals surface area (Å²) in [7, 11) is 1.50. The van der Waals surface area contributed by atoms with Gasteiger partial charge < -0.3 is 4.74 Å². The van der Waals surface area contributed by atoms with Gasteiger partial charge in [-0.05, 0) is 29.5 Å². The third-order valence-corrected chi connectivity index (χ3v) is 3.79. The van der Waals surface area contributed by atoms with Crippen LogP contribution in [0.5, 0.6) is 0 Å². The Morgan fingerprint density at radius 1 is 1.35 bits per heavy atom. The molecule has 20 heavy (non-hydrogen) atoms. The lowest BCUT2D eigenvalue weighted by molar-refractivity contribution is -0.131. The molecule has 1 aromatic carbocycles. The van der Waals surface area contributed by atoms with Gasteiger partial charge in [0.1, 0.15) is 0 Å². The van der Waals surface area contributed by atoms with Crippen molar-refractivity contribution in [2.45, 2.75) is 13.0 Å². The zero-order chi connectivity index (χ0) is 14.4. The Morgan fingerprint density at radius 2 is 2.10 bits per heavy atom. The van der Waals surface area contributed by atoms with Crippen LogP contribution in [0.15, 0.2) is 46.9 Å². The van der Waals surface area contributed by atoms with Crippen molar-refractivity contribution in [3.05, 3.63) is 57.8 Å². The van der Waals surface area contributed by atoms with Gasteiger partial charge in [0.25, 0.3) is 5.91 Å². The smallest absolute Gasteiger partial charge is 0.273 e. The van der Waals surface area contributed by atoms with Crippen LogP contribution in [0.25, 0.3) is 0 Å². The third kappa shape index (κ3) is 3.53. The summed E-state index contributed by atoms with van der Waals surface area (Å²) >= 11 is 1.58. The number of ether oxygens (including phenoxy) is 1. The molecule has 0 aliphatic heterocycles. The van der Waals surface area contributed by atoms with Gasteiger partial charge in [0.2, 0.25) is 0 Å². The Kier molecular flexibility index (Phi) is 5.03. The maximum atomic E-state index is 12.0. The SMILES string of the molecule is COC(C(=O)N/N=C/c1sccc1C)c1ccccc1. The largest absolute Gasteiger partial charge is 0.367 e. The zero-order valence-electron chi connectivity index (χ0n) is 11.4. The summed E-state index contributed by atoms with van der Waals surface area (Å²) in [5.74, 6) is -0.288. The van der Waals surface area contributed by atoms with Crippen molar-refractivity contribution < 1.29 is 9.53 Å². The Bertz CT molecular complexity index is 593. The second kappa shape index (κ2) is 6.98. The summed E-state index contributed by atoms with van der Waals surface area (Å²) in [4.78, 5) is 13.1. The van der Waals surface area contributed by atoms with E-state index in [1.54, 1.807) is 17.6 Å². The minimum atomic E-state index is -0.655. The van der Waals surface area contributed by atoms with Crippen molar-refractivity contribution in [3.8, 4) is 0 Å². The second-order valence-corrected chi connectivity index (χ2v) is 5.18. The molecular weight excluding hydrogens is 272 g/mol. The van der Waals surface area contributed by atoms with Gasteiger partial charge in [-0.15, -0.1) is 11.3 Å². The Hall–Kier alpha value is -1.98. The molecule has 0 radical (unpaired) electrons. The highest BCUT2D eigenvalue weighted by Crippen LogP contribution is 2.16. The fourth-order valence-electron chi connectivity index (χ4n) is 1.75. The van der Waals surface area contributed by atoms with Gasteiger partial charge in [0.15, 0.2) is 6.10 Å². The molecular formula is C15H16N2O2S. The first-order valence-corrected chi connectivity index (χ1v) is 7.05. The molecule has 4 nitrogen and oxygen atoms in total. The number of carbonyl (C=O) groups is 1. The Labute approximate surface area is 122 Å². The molecule has 0 aliphatic carbocycles. The van der Waals surface area contributed by atoms with Crippen LogP contribution in [0.1, 0.15) is 22.1 Å². The predicted molar refractivity (Wildman–Crippen MR) is 81.0 cm³/mol. The average Bonchev–Trinajstić information content (AvgIpc) is 2.86. The topological polar surface area (TPSA) is 50.7 Å². The van der Waals surface area contributed by atoms with Crippen molar-refractivity contribution in [2.75, 3.05) is 7.11 Å². The standard InChI is InChI=1S/C15H16N2O2S/c1-11-8-9-20-13(11)10-16-17-15(18)14(19-2)12-6-4-3-5-7-12/h3-10,14H,1-2H3,(H,17,18)/b16-10+. The molecule has 1 heterocycles. The minimum absolute atomic E-state index is 0.288. The van der Waals surface area contributed by atoms with Gasteiger partial charge in [0, 0.05) is 12.0 Å². The number of hydrogen-bond acceptors (Lipinski definition) is 4. The third-order valence-electron chi connectivity index (χ3n) is 2.83. The van der Waals surface area contributed by atoms with E-state index in [0.29, 0.717) is 0 Å². The number of thiophene rings is 1. The lowest BCUT2D eigenvalue weighted by atomic mass is 10.1. The van der Waals surface area contributed by atoms with Gasteiger partial charge in [-0.25, -0.2) is 5.43 Å². The molecule has 1 amide bonds. The van der Waals surface area contributed by atoms with Crippen molar-refractivity contribution in [2.24, 2.45) is 5.10 Å². The first kappa shape index (κ1) is 14.4. The second-order valence-electron chi connectivity index (χ2n) is 4.23. The predicted octanol–water partition coefficient (Wildman–Crippen LogP) is 2.89. The Balaban J connectivity index is 2.00. The summed E-state index contributed by atoms with van der Waals surface area (Å²) in [6.07, 6.45) is 0.994. The minimum Gasteiger partial charge on any atom is -0.367 e. The maximum Gasteiger partial charge on any atom is 0.273 e. The van der Waals surface area contributed by atoms with E-state index in [1.165, 1.54) is 7.11 Å². The van der Waals surface area contributed by atoms with Crippen LogP contribution in [-0.4, -0.2) is 19.2 Å². The summed E-state index contributed by atoms with van der Waals surface area (Å²) in [5.41, 5.74) is 4.45. The van der Waals surface area contributed by atoms with Crippen LogP contribution in [0.3, 0.4) is 0 Å².